The maximum absolute atomic E-state index is 12.1. The number of nitrogen functional groups attached to an aromatic ring is 1. The lowest BCUT2D eigenvalue weighted by molar-refractivity contribution is 0.0923. The third-order valence-corrected chi connectivity index (χ3v) is 4.07. The van der Waals surface area contributed by atoms with Crippen LogP contribution in [0.5, 0.6) is 0 Å². The van der Waals surface area contributed by atoms with Crippen molar-refractivity contribution >= 4 is 43.5 Å². The number of anilines is 1. The zero-order chi connectivity index (χ0) is 13.9. The Bertz CT molecular complexity index is 499. The number of terminal acetylenes is 1. The van der Waals surface area contributed by atoms with Gasteiger partial charge in [-0.05, 0) is 57.3 Å². The summed E-state index contributed by atoms with van der Waals surface area (Å²) in [7, 11) is 0. The monoisotopic (exact) mass is 372 g/mol. The molecule has 0 saturated heterocycles. The number of carbonyl (C=O) groups is 1. The Balaban J connectivity index is 3.03. The van der Waals surface area contributed by atoms with Gasteiger partial charge in [0.2, 0.25) is 0 Å². The van der Waals surface area contributed by atoms with Crippen molar-refractivity contribution in [3.05, 3.63) is 26.6 Å². The lowest BCUT2D eigenvalue weighted by Crippen LogP contribution is -2.44. The Morgan fingerprint density at radius 3 is 2.39 bits per heavy atom. The van der Waals surface area contributed by atoms with E-state index in [-0.39, 0.29) is 5.91 Å². The molecule has 5 heteroatoms. The van der Waals surface area contributed by atoms with Crippen LogP contribution in [-0.2, 0) is 0 Å². The van der Waals surface area contributed by atoms with Crippen molar-refractivity contribution < 1.29 is 4.79 Å². The predicted octanol–water partition coefficient (Wildman–Crippen LogP) is 3.33. The van der Waals surface area contributed by atoms with Crippen LogP contribution in [0, 0.1) is 12.3 Å². The van der Waals surface area contributed by atoms with Crippen LogP contribution in [0.1, 0.15) is 30.6 Å². The fraction of sp³-hybridized carbons (Fsp3) is 0.308. The molecule has 3 N–H and O–H groups in total. The minimum absolute atomic E-state index is 0.223. The molecule has 1 atom stereocenters. The van der Waals surface area contributed by atoms with Crippen molar-refractivity contribution in [2.75, 3.05) is 5.73 Å². The SMILES string of the molecule is C#CC(C)(CC)NC(=O)c1cc(Br)c(N)c(Br)c1. The Kier molecular flexibility index (Phi) is 4.83. The van der Waals surface area contributed by atoms with Gasteiger partial charge in [0, 0.05) is 14.5 Å². The van der Waals surface area contributed by atoms with Crippen LogP contribution < -0.4 is 11.1 Å². The molecule has 1 amide bonds. The number of amides is 1. The van der Waals surface area contributed by atoms with E-state index in [9.17, 15) is 4.79 Å². The largest absolute Gasteiger partial charge is 0.397 e. The molecule has 3 nitrogen and oxygen atoms in total. The number of halogens is 2. The summed E-state index contributed by atoms with van der Waals surface area (Å²) in [6.07, 6.45) is 6.08. The summed E-state index contributed by atoms with van der Waals surface area (Å²) in [5.74, 6) is 2.37. The molecule has 18 heavy (non-hydrogen) atoms. The van der Waals surface area contributed by atoms with E-state index < -0.39 is 5.54 Å². The first-order valence-corrected chi connectivity index (χ1v) is 6.96. The quantitative estimate of drug-likeness (QED) is 0.630. The highest BCUT2D eigenvalue weighted by Crippen LogP contribution is 2.29. The molecule has 0 bridgehead atoms. The van der Waals surface area contributed by atoms with E-state index in [4.69, 9.17) is 12.2 Å². The van der Waals surface area contributed by atoms with E-state index in [0.717, 1.165) is 0 Å². The van der Waals surface area contributed by atoms with Gasteiger partial charge >= 0.3 is 0 Å². The van der Waals surface area contributed by atoms with E-state index in [1.165, 1.54) is 0 Å². The highest BCUT2D eigenvalue weighted by Gasteiger charge is 2.22. The third kappa shape index (κ3) is 3.27. The molecule has 0 aliphatic rings. The summed E-state index contributed by atoms with van der Waals surface area (Å²) in [6.45, 7) is 3.74. The maximum atomic E-state index is 12.1. The van der Waals surface area contributed by atoms with Gasteiger partial charge in [-0.25, -0.2) is 0 Å². The van der Waals surface area contributed by atoms with Crippen LogP contribution in [0.2, 0.25) is 0 Å². The normalized spacial score (nSPS) is 13.5. The topological polar surface area (TPSA) is 55.1 Å². The summed E-state index contributed by atoms with van der Waals surface area (Å²) in [4.78, 5) is 12.1. The standard InChI is InChI=1S/C13H14Br2N2O/c1-4-13(3,5-2)17-12(18)8-6-9(14)11(16)10(15)7-8/h1,6-7H,5,16H2,2-3H3,(H,17,18). The maximum Gasteiger partial charge on any atom is 0.252 e. The fourth-order valence-corrected chi connectivity index (χ4v) is 2.45. The Morgan fingerprint density at radius 2 is 2.00 bits per heavy atom. The fourth-order valence-electron chi connectivity index (χ4n) is 1.26. The third-order valence-electron chi connectivity index (χ3n) is 2.76. The number of nitrogens with two attached hydrogens (primary N) is 1. The Hall–Kier alpha value is -0.990. The molecule has 1 aromatic rings. The molecule has 96 valence electrons. The van der Waals surface area contributed by atoms with Crippen LogP contribution in [0.3, 0.4) is 0 Å². The second kappa shape index (κ2) is 5.77. The minimum atomic E-state index is -0.641. The van der Waals surface area contributed by atoms with Crippen molar-refractivity contribution in [3.8, 4) is 12.3 Å². The number of carbonyl (C=O) groups excluding carboxylic acids is 1. The molecule has 0 radical (unpaired) electrons. The molecular formula is C13H14Br2N2O. The second-order valence-corrected chi connectivity index (χ2v) is 5.85. The molecular weight excluding hydrogens is 360 g/mol. The summed E-state index contributed by atoms with van der Waals surface area (Å²) in [5.41, 5.74) is 6.19. The van der Waals surface area contributed by atoms with Gasteiger partial charge in [0.05, 0.1) is 11.2 Å². The summed E-state index contributed by atoms with van der Waals surface area (Å²) in [6, 6.07) is 3.34. The highest BCUT2D eigenvalue weighted by atomic mass is 79.9. The number of hydrogen-bond donors (Lipinski definition) is 2. The molecule has 0 aliphatic heterocycles. The highest BCUT2D eigenvalue weighted by molar-refractivity contribution is 9.11. The van der Waals surface area contributed by atoms with E-state index in [2.05, 4.69) is 43.1 Å². The average Bonchev–Trinajstić information content (AvgIpc) is 2.35. The lowest BCUT2D eigenvalue weighted by Gasteiger charge is -2.23. The van der Waals surface area contributed by atoms with Crippen LogP contribution in [0.4, 0.5) is 5.69 Å². The molecule has 1 unspecified atom stereocenters. The molecule has 0 heterocycles. The first-order chi connectivity index (χ1) is 8.33. The molecule has 1 aromatic carbocycles. The van der Waals surface area contributed by atoms with E-state index in [1.54, 1.807) is 12.1 Å². The summed E-state index contributed by atoms with van der Waals surface area (Å²) in [5, 5.41) is 2.83. The Morgan fingerprint density at radius 1 is 1.50 bits per heavy atom. The van der Waals surface area contributed by atoms with Crippen LogP contribution in [0.15, 0.2) is 21.1 Å². The van der Waals surface area contributed by atoms with Gasteiger partial charge < -0.3 is 11.1 Å². The van der Waals surface area contributed by atoms with Crippen LogP contribution in [0.25, 0.3) is 0 Å². The van der Waals surface area contributed by atoms with Gasteiger partial charge in [-0.3, -0.25) is 4.79 Å². The van der Waals surface area contributed by atoms with E-state index in [0.29, 0.717) is 26.6 Å². The average molecular weight is 374 g/mol. The van der Waals surface area contributed by atoms with Gasteiger partial charge in [-0.1, -0.05) is 12.8 Å². The van der Waals surface area contributed by atoms with Crippen molar-refractivity contribution in [1.29, 1.82) is 0 Å². The van der Waals surface area contributed by atoms with Crippen molar-refractivity contribution in [3.63, 3.8) is 0 Å². The molecule has 0 spiro atoms. The summed E-state index contributed by atoms with van der Waals surface area (Å²) >= 11 is 6.61. The minimum Gasteiger partial charge on any atom is -0.397 e. The zero-order valence-corrected chi connectivity index (χ0v) is 13.4. The van der Waals surface area contributed by atoms with Gasteiger partial charge in [0.25, 0.3) is 5.91 Å². The van der Waals surface area contributed by atoms with Gasteiger partial charge in [0.15, 0.2) is 0 Å². The smallest absolute Gasteiger partial charge is 0.252 e. The molecule has 0 saturated carbocycles. The Labute approximate surface area is 124 Å². The second-order valence-electron chi connectivity index (χ2n) is 4.14. The van der Waals surface area contributed by atoms with Crippen molar-refractivity contribution in [2.24, 2.45) is 0 Å². The first kappa shape index (κ1) is 15.1. The zero-order valence-electron chi connectivity index (χ0n) is 10.2. The van der Waals surface area contributed by atoms with Gasteiger partial charge in [-0.2, -0.15) is 0 Å². The van der Waals surface area contributed by atoms with Crippen LogP contribution >= 0.6 is 31.9 Å². The number of rotatable bonds is 3. The van der Waals surface area contributed by atoms with E-state index >= 15 is 0 Å². The van der Waals surface area contributed by atoms with E-state index in [1.807, 2.05) is 13.8 Å². The summed E-state index contributed by atoms with van der Waals surface area (Å²) < 4.78 is 1.34. The molecule has 0 fully saturated rings. The number of nitrogens with one attached hydrogen (secondary N) is 1. The first-order valence-electron chi connectivity index (χ1n) is 5.37. The van der Waals surface area contributed by atoms with Crippen molar-refractivity contribution in [2.45, 2.75) is 25.8 Å². The number of benzene rings is 1. The van der Waals surface area contributed by atoms with Gasteiger partial charge in [0.1, 0.15) is 0 Å². The molecule has 0 aromatic heterocycles. The van der Waals surface area contributed by atoms with Crippen molar-refractivity contribution in [1.82, 2.24) is 5.32 Å². The molecule has 0 aliphatic carbocycles. The van der Waals surface area contributed by atoms with Gasteiger partial charge in [-0.15, -0.1) is 6.42 Å². The van der Waals surface area contributed by atoms with Crippen LogP contribution in [-0.4, -0.2) is 11.4 Å². The predicted molar refractivity (Wildman–Crippen MR) is 81.2 cm³/mol. The lowest BCUT2D eigenvalue weighted by atomic mass is 9.99. The molecule has 1 rings (SSSR count). The number of hydrogen-bond acceptors (Lipinski definition) is 2.